The number of carbonyl (C=O) groups excluding carboxylic acids is 1. The second-order valence-corrected chi connectivity index (χ2v) is 6.72. The van der Waals surface area contributed by atoms with Gasteiger partial charge in [0.1, 0.15) is 0 Å². The lowest BCUT2D eigenvalue weighted by molar-refractivity contribution is 0.0977. The molecule has 0 spiro atoms. The van der Waals surface area contributed by atoms with Gasteiger partial charge in [-0.3, -0.25) is 10.1 Å². The number of hydrogen-bond acceptors (Lipinski definition) is 4. The Kier molecular flexibility index (Phi) is 7.50. The highest BCUT2D eigenvalue weighted by Gasteiger charge is 2.15. The van der Waals surface area contributed by atoms with Crippen LogP contribution >= 0.6 is 35.4 Å². The number of ether oxygens (including phenoxy) is 1. The Morgan fingerprint density at radius 2 is 1.81 bits per heavy atom. The molecule has 0 unspecified atom stereocenters. The van der Waals surface area contributed by atoms with Crippen LogP contribution in [-0.4, -0.2) is 17.6 Å². The average Bonchev–Trinajstić information content (AvgIpc) is 2.59. The first kappa shape index (κ1) is 20.3. The Hall–Kier alpha value is -2.02. The molecule has 0 atom stereocenters. The first-order chi connectivity index (χ1) is 12.4. The van der Waals surface area contributed by atoms with Gasteiger partial charge in [-0.25, -0.2) is 0 Å². The number of halogens is 2. The van der Waals surface area contributed by atoms with Crippen molar-refractivity contribution in [3.63, 3.8) is 0 Å². The number of carbonyl (C=O) groups is 1. The molecule has 0 aliphatic carbocycles. The van der Waals surface area contributed by atoms with Crippen molar-refractivity contribution in [3.8, 4) is 5.75 Å². The molecule has 4 N–H and O–H groups in total. The predicted molar refractivity (Wildman–Crippen MR) is 111 cm³/mol. The molecule has 26 heavy (non-hydrogen) atoms. The van der Waals surface area contributed by atoms with Crippen LogP contribution in [0.15, 0.2) is 36.4 Å². The average molecular weight is 412 g/mol. The normalized spacial score (nSPS) is 10.3. The van der Waals surface area contributed by atoms with E-state index in [1.807, 2.05) is 0 Å². The van der Waals surface area contributed by atoms with Crippen LogP contribution in [0, 0.1) is 0 Å². The van der Waals surface area contributed by atoms with Gasteiger partial charge in [-0.05, 0) is 55.0 Å². The Balaban J connectivity index is 2.02. The van der Waals surface area contributed by atoms with Crippen molar-refractivity contribution in [1.29, 1.82) is 0 Å². The summed E-state index contributed by atoms with van der Waals surface area (Å²) in [4.78, 5) is 12.4. The molecule has 138 valence electrons. The number of unbranched alkanes of at least 4 members (excludes halogenated alkanes) is 1. The van der Waals surface area contributed by atoms with Gasteiger partial charge in [0.25, 0.3) is 5.91 Å². The molecule has 2 aromatic carbocycles. The zero-order valence-corrected chi connectivity index (χ0v) is 16.5. The van der Waals surface area contributed by atoms with Crippen LogP contribution in [0.3, 0.4) is 0 Å². The molecule has 0 radical (unpaired) electrons. The molecule has 8 heteroatoms. The topological polar surface area (TPSA) is 76.4 Å². The molecule has 5 nitrogen and oxygen atoms in total. The van der Waals surface area contributed by atoms with E-state index in [4.69, 9.17) is 45.9 Å². The molecular weight excluding hydrogens is 393 g/mol. The number of nitrogen functional groups attached to an aromatic ring is 1. The number of rotatable bonds is 6. The molecule has 0 aliphatic rings. The zero-order valence-electron chi connectivity index (χ0n) is 14.1. The van der Waals surface area contributed by atoms with Gasteiger partial charge in [0, 0.05) is 16.9 Å². The Labute approximate surface area is 167 Å². The van der Waals surface area contributed by atoms with Gasteiger partial charge < -0.3 is 15.8 Å². The fraction of sp³-hybridized carbons (Fsp3) is 0.222. The molecule has 0 aromatic heterocycles. The van der Waals surface area contributed by atoms with Gasteiger partial charge >= 0.3 is 0 Å². The van der Waals surface area contributed by atoms with E-state index in [0.717, 1.165) is 12.8 Å². The number of anilines is 2. The maximum Gasteiger partial charge on any atom is 0.257 e. The SMILES string of the molecule is CCCCOc1c(Cl)cc(C(=O)NC(=S)Nc2ccc(N)cc2)cc1Cl. The summed E-state index contributed by atoms with van der Waals surface area (Å²) in [5.74, 6) is -0.0530. The Morgan fingerprint density at radius 3 is 2.38 bits per heavy atom. The van der Waals surface area contributed by atoms with E-state index >= 15 is 0 Å². The summed E-state index contributed by atoms with van der Waals surface area (Å²) in [7, 11) is 0. The van der Waals surface area contributed by atoms with Crippen LogP contribution in [0.5, 0.6) is 5.75 Å². The first-order valence-electron chi connectivity index (χ1n) is 8.00. The quantitative estimate of drug-likeness (QED) is 0.358. The summed E-state index contributed by atoms with van der Waals surface area (Å²) in [6, 6.07) is 9.95. The summed E-state index contributed by atoms with van der Waals surface area (Å²) in [5, 5.41) is 6.17. The van der Waals surface area contributed by atoms with Gasteiger partial charge in [0.2, 0.25) is 0 Å². The largest absolute Gasteiger partial charge is 0.490 e. The second kappa shape index (κ2) is 9.62. The molecular formula is C18H19Cl2N3O2S. The number of thiocarbonyl (C=S) groups is 1. The molecule has 0 aliphatic heterocycles. The summed E-state index contributed by atoms with van der Waals surface area (Å²) in [6.07, 6.45) is 1.88. The Bertz CT molecular complexity index is 775. The summed E-state index contributed by atoms with van der Waals surface area (Å²) < 4.78 is 5.57. The van der Waals surface area contributed by atoms with Crippen molar-refractivity contribution in [2.45, 2.75) is 19.8 Å². The number of amides is 1. The van der Waals surface area contributed by atoms with Crippen molar-refractivity contribution in [2.75, 3.05) is 17.7 Å². The first-order valence-corrected chi connectivity index (χ1v) is 9.17. The lowest BCUT2D eigenvalue weighted by atomic mass is 10.2. The summed E-state index contributed by atoms with van der Waals surface area (Å²) in [5.41, 5.74) is 7.25. The minimum atomic E-state index is -0.429. The molecule has 0 bridgehead atoms. The van der Waals surface area contributed by atoms with Crippen molar-refractivity contribution in [2.24, 2.45) is 0 Å². The Morgan fingerprint density at radius 1 is 1.19 bits per heavy atom. The van der Waals surface area contributed by atoms with E-state index in [-0.39, 0.29) is 20.7 Å². The van der Waals surface area contributed by atoms with Crippen LogP contribution in [0.25, 0.3) is 0 Å². The number of benzene rings is 2. The third kappa shape index (κ3) is 5.76. The lowest BCUT2D eigenvalue weighted by Crippen LogP contribution is -2.34. The van der Waals surface area contributed by atoms with E-state index in [0.29, 0.717) is 23.7 Å². The van der Waals surface area contributed by atoms with Gasteiger partial charge in [-0.1, -0.05) is 36.5 Å². The molecule has 0 saturated heterocycles. The molecule has 1 amide bonds. The highest BCUT2D eigenvalue weighted by molar-refractivity contribution is 7.80. The van der Waals surface area contributed by atoms with Gasteiger partial charge in [-0.15, -0.1) is 0 Å². The summed E-state index contributed by atoms with van der Waals surface area (Å²) >= 11 is 17.5. The van der Waals surface area contributed by atoms with Crippen molar-refractivity contribution in [3.05, 3.63) is 52.0 Å². The highest BCUT2D eigenvalue weighted by atomic mass is 35.5. The fourth-order valence-electron chi connectivity index (χ4n) is 2.05. The summed E-state index contributed by atoms with van der Waals surface area (Å²) in [6.45, 7) is 2.57. The minimum absolute atomic E-state index is 0.148. The molecule has 2 aromatic rings. The molecule has 0 saturated carbocycles. The zero-order chi connectivity index (χ0) is 19.1. The monoisotopic (exact) mass is 411 g/mol. The molecule has 0 heterocycles. The van der Waals surface area contributed by atoms with Crippen LogP contribution in [0.4, 0.5) is 11.4 Å². The van der Waals surface area contributed by atoms with E-state index in [2.05, 4.69) is 17.6 Å². The smallest absolute Gasteiger partial charge is 0.257 e. The van der Waals surface area contributed by atoms with Crippen molar-refractivity contribution >= 4 is 57.8 Å². The molecule has 2 rings (SSSR count). The number of nitrogens with one attached hydrogen (secondary N) is 2. The lowest BCUT2D eigenvalue weighted by Gasteiger charge is -2.13. The number of nitrogens with two attached hydrogens (primary N) is 1. The third-order valence-electron chi connectivity index (χ3n) is 3.40. The standard InChI is InChI=1S/C18H19Cl2N3O2S/c1-2-3-8-25-16-14(19)9-11(10-15(16)20)17(24)23-18(26)22-13-6-4-12(21)5-7-13/h4-7,9-10H,2-3,8,21H2,1H3,(H2,22,23,24,26). The minimum Gasteiger partial charge on any atom is -0.490 e. The van der Waals surface area contributed by atoms with Crippen LogP contribution in [0.2, 0.25) is 10.0 Å². The van der Waals surface area contributed by atoms with Crippen LogP contribution in [-0.2, 0) is 0 Å². The maximum atomic E-state index is 12.4. The van der Waals surface area contributed by atoms with E-state index in [9.17, 15) is 4.79 Å². The van der Waals surface area contributed by atoms with Gasteiger partial charge in [-0.2, -0.15) is 0 Å². The predicted octanol–water partition coefficient (Wildman–Crippen LogP) is 4.88. The molecule has 0 fully saturated rings. The fourth-order valence-corrected chi connectivity index (χ4v) is 2.86. The third-order valence-corrected chi connectivity index (χ3v) is 4.17. The van der Waals surface area contributed by atoms with Gasteiger partial charge in [0.05, 0.1) is 16.7 Å². The van der Waals surface area contributed by atoms with Gasteiger partial charge in [0.15, 0.2) is 10.9 Å². The van der Waals surface area contributed by atoms with E-state index < -0.39 is 5.91 Å². The van der Waals surface area contributed by atoms with Crippen LogP contribution < -0.4 is 21.1 Å². The van der Waals surface area contributed by atoms with Crippen molar-refractivity contribution in [1.82, 2.24) is 5.32 Å². The van der Waals surface area contributed by atoms with E-state index in [1.165, 1.54) is 12.1 Å². The number of hydrogen-bond donors (Lipinski definition) is 3. The van der Waals surface area contributed by atoms with Crippen LogP contribution in [0.1, 0.15) is 30.1 Å². The van der Waals surface area contributed by atoms with Crippen molar-refractivity contribution < 1.29 is 9.53 Å². The highest BCUT2D eigenvalue weighted by Crippen LogP contribution is 2.34. The second-order valence-electron chi connectivity index (χ2n) is 5.50. The maximum absolute atomic E-state index is 12.4. The van der Waals surface area contributed by atoms with E-state index in [1.54, 1.807) is 24.3 Å².